The molecule has 1 amide bonds. The minimum absolute atomic E-state index is 0.0218. The predicted molar refractivity (Wildman–Crippen MR) is 127 cm³/mol. The number of carbonyl (C=O) groups excluding carboxylic acids is 1. The molecule has 0 unspecified atom stereocenters. The number of ether oxygens (including phenoxy) is 1. The van der Waals surface area contributed by atoms with Crippen molar-refractivity contribution >= 4 is 33.2 Å². The average Bonchev–Trinajstić information content (AvgIpc) is 2.78. The lowest BCUT2D eigenvalue weighted by atomic mass is 9.98. The highest BCUT2D eigenvalue weighted by molar-refractivity contribution is 7.89. The molecule has 0 bridgehead atoms. The largest absolute Gasteiger partial charge is 0.495 e. The first-order valence-electron chi connectivity index (χ1n) is 10.1. The summed E-state index contributed by atoms with van der Waals surface area (Å²) in [5.74, 6) is -1.20. The first-order valence-corrected chi connectivity index (χ1v) is 12.0. The molecule has 35 heavy (non-hydrogen) atoms. The first-order chi connectivity index (χ1) is 16.5. The maximum absolute atomic E-state index is 13.5. The summed E-state index contributed by atoms with van der Waals surface area (Å²) >= 11 is 6.18. The zero-order valence-corrected chi connectivity index (χ0v) is 19.9. The highest BCUT2D eigenvalue weighted by Gasteiger charge is 2.18. The van der Waals surface area contributed by atoms with Gasteiger partial charge in [0.2, 0.25) is 10.0 Å². The molecular weight excluding hydrogens is 507 g/mol. The molecule has 0 aliphatic carbocycles. The van der Waals surface area contributed by atoms with E-state index in [2.05, 4.69) is 10.6 Å². The number of nitrogens with two attached hydrogens (primary N) is 1. The number of anilines is 1. The van der Waals surface area contributed by atoms with Crippen molar-refractivity contribution in [2.24, 2.45) is 5.14 Å². The number of amides is 1. The highest BCUT2D eigenvalue weighted by atomic mass is 35.5. The summed E-state index contributed by atoms with van der Waals surface area (Å²) in [5.41, 5.74) is 2.01. The van der Waals surface area contributed by atoms with Crippen LogP contribution >= 0.6 is 11.6 Å². The molecule has 0 radical (unpaired) electrons. The van der Waals surface area contributed by atoms with Crippen LogP contribution in [0.4, 0.5) is 18.9 Å². The number of primary sulfonamides is 1. The second-order valence-electron chi connectivity index (χ2n) is 7.38. The Balaban J connectivity index is 1.92. The van der Waals surface area contributed by atoms with Crippen molar-refractivity contribution in [1.29, 1.82) is 0 Å². The topological polar surface area (TPSA) is 111 Å². The van der Waals surface area contributed by atoms with Gasteiger partial charge >= 0.3 is 0 Å². The summed E-state index contributed by atoms with van der Waals surface area (Å²) in [6.45, 7) is -0.530. The second-order valence-corrected chi connectivity index (χ2v) is 9.32. The van der Waals surface area contributed by atoms with Crippen molar-refractivity contribution in [1.82, 2.24) is 5.32 Å². The van der Waals surface area contributed by atoms with Crippen LogP contribution in [0.3, 0.4) is 0 Å². The van der Waals surface area contributed by atoms with Gasteiger partial charge < -0.3 is 15.4 Å². The Kier molecular flexibility index (Phi) is 8.39. The molecule has 12 heteroatoms. The fourth-order valence-electron chi connectivity index (χ4n) is 3.35. The van der Waals surface area contributed by atoms with Gasteiger partial charge in [0.1, 0.15) is 16.5 Å². The highest BCUT2D eigenvalue weighted by Crippen LogP contribution is 2.33. The van der Waals surface area contributed by atoms with Gasteiger partial charge in [-0.05, 0) is 59.7 Å². The monoisotopic (exact) mass is 527 g/mol. The Hall–Kier alpha value is -3.12. The van der Waals surface area contributed by atoms with Crippen molar-refractivity contribution in [3.05, 3.63) is 76.6 Å². The molecule has 0 fully saturated rings. The van der Waals surface area contributed by atoms with E-state index in [4.69, 9.17) is 21.5 Å². The van der Waals surface area contributed by atoms with Crippen molar-refractivity contribution in [2.45, 2.75) is 17.9 Å². The maximum atomic E-state index is 13.5. The van der Waals surface area contributed by atoms with E-state index in [0.717, 1.165) is 12.1 Å². The molecule has 0 saturated carbocycles. The van der Waals surface area contributed by atoms with Crippen molar-refractivity contribution in [2.75, 3.05) is 19.0 Å². The predicted octanol–water partition coefficient (Wildman–Crippen LogP) is 4.41. The summed E-state index contributed by atoms with van der Waals surface area (Å²) in [6, 6.07) is 12.3. The number of carbonyl (C=O) groups is 1. The normalized spacial score (nSPS) is 11.5. The first kappa shape index (κ1) is 26.5. The third-order valence-corrected chi connectivity index (χ3v) is 6.19. The molecule has 0 aliphatic rings. The van der Waals surface area contributed by atoms with Gasteiger partial charge in [0.25, 0.3) is 12.3 Å². The third kappa shape index (κ3) is 6.73. The van der Waals surface area contributed by atoms with Gasteiger partial charge in [0, 0.05) is 23.4 Å². The minimum Gasteiger partial charge on any atom is -0.495 e. The number of sulfonamides is 1. The lowest BCUT2D eigenvalue weighted by molar-refractivity contribution is 0.102. The molecule has 4 N–H and O–H groups in total. The van der Waals surface area contributed by atoms with Gasteiger partial charge in [-0.1, -0.05) is 17.7 Å². The molecule has 0 aliphatic heterocycles. The number of alkyl halides is 2. The van der Waals surface area contributed by atoms with Crippen LogP contribution in [0, 0.1) is 5.82 Å². The number of rotatable bonds is 9. The SMILES string of the molecule is COc1cc(C(=O)Nc2ccc(-c3ccc(F)cc3Cl)c(CNCC(F)F)c2)ccc1S(N)(=O)=O. The molecule has 7 nitrogen and oxygen atoms in total. The van der Waals surface area contributed by atoms with E-state index < -0.39 is 34.7 Å². The number of hydrogen-bond acceptors (Lipinski definition) is 5. The summed E-state index contributed by atoms with van der Waals surface area (Å²) in [6.07, 6.45) is -2.56. The minimum atomic E-state index is -4.06. The zero-order chi connectivity index (χ0) is 25.8. The third-order valence-electron chi connectivity index (χ3n) is 4.93. The molecule has 0 spiro atoms. The molecule has 186 valence electrons. The molecule has 0 heterocycles. The van der Waals surface area contributed by atoms with Crippen molar-refractivity contribution in [3.63, 3.8) is 0 Å². The van der Waals surface area contributed by atoms with E-state index in [0.29, 0.717) is 22.4 Å². The number of methoxy groups -OCH3 is 1. The Morgan fingerprint density at radius 2 is 1.80 bits per heavy atom. The molecule has 3 aromatic carbocycles. The van der Waals surface area contributed by atoms with E-state index in [-0.39, 0.29) is 27.8 Å². The van der Waals surface area contributed by atoms with Crippen molar-refractivity contribution < 1.29 is 31.1 Å². The quantitative estimate of drug-likeness (QED) is 0.382. The van der Waals surface area contributed by atoms with Gasteiger partial charge in [0.05, 0.1) is 18.7 Å². The van der Waals surface area contributed by atoms with Crippen LogP contribution in [0.25, 0.3) is 11.1 Å². The molecule has 0 atom stereocenters. The van der Waals surface area contributed by atoms with Crippen LogP contribution in [-0.4, -0.2) is 34.4 Å². The van der Waals surface area contributed by atoms with Gasteiger partial charge in [0.15, 0.2) is 0 Å². The standard InChI is InChI=1S/C23H21ClF3N3O4S/c1-34-20-9-13(2-7-21(20)35(28,32)33)23(31)30-16-4-6-17(14(8-16)11-29-12-22(26)27)18-5-3-15(25)10-19(18)24/h2-10,22,29H,11-12H2,1H3,(H,30,31)(H2,28,32,33). The molecular formula is C23H21ClF3N3O4S. The summed E-state index contributed by atoms with van der Waals surface area (Å²) < 4.78 is 67.1. The summed E-state index contributed by atoms with van der Waals surface area (Å²) in [5, 5.41) is 10.6. The molecule has 0 aromatic heterocycles. The van der Waals surface area contributed by atoms with Gasteiger partial charge in [-0.3, -0.25) is 4.79 Å². The lowest BCUT2D eigenvalue weighted by Gasteiger charge is -2.15. The lowest BCUT2D eigenvalue weighted by Crippen LogP contribution is -2.21. The van der Waals surface area contributed by atoms with Gasteiger partial charge in [-0.15, -0.1) is 0 Å². The molecule has 3 aromatic rings. The van der Waals surface area contributed by atoms with E-state index in [1.807, 2.05) is 0 Å². The number of halogens is 4. The number of nitrogens with one attached hydrogen (secondary N) is 2. The Morgan fingerprint density at radius 3 is 2.43 bits per heavy atom. The van der Waals surface area contributed by atoms with E-state index >= 15 is 0 Å². The fraction of sp³-hybridized carbons (Fsp3) is 0.174. The van der Waals surface area contributed by atoms with E-state index in [1.54, 1.807) is 18.2 Å². The molecule has 0 saturated heterocycles. The average molecular weight is 528 g/mol. The number of benzene rings is 3. The Bertz CT molecular complexity index is 1350. The summed E-state index contributed by atoms with van der Waals surface area (Å²) in [4.78, 5) is 12.5. The Labute approximate surface area is 205 Å². The smallest absolute Gasteiger partial charge is 0.255 e. The molecule has 3 rings (SSSR count). The van der Waals surface area contributed by atoms with E-state index in [1.165, 1.54) is 31.4 Å². The zero-order valence-electron chi connectivity index (χ0n) is 18.3. The van der Waals surface area contributed by atoms with Crippen molar-refractivity contribution in [3.8, 4) is 16.9 Å². The van der Waals surface area contributed by atoms with Crippen LogP contribution < -0.4 is 20.5 Å². The van der Waals surface area contributed by atoms with Crippen LogP contribution in [0.1, 0.15) is 15.9 Å². The Morgan fingerprint density at radius 1 is 1.09 bits per heavy atom. The second kappa shape index (κ2) is 11.1. The van der Waals surface area contributed by atoms with Crippen LogP contribution in [0.2, 0.25) is 5.02 Å². The van der Waals surface area contributed by atoms with E-state index in [9.17, 15) is 26.4 Å². The number of hydrogen-bond donors (Lipinski definition) is 3. The van der Waals surface area contributed by atoms with Gasteiger partial charge in [-0.2, -0.15) is 0 Å². The van der Waals surface area contributed by atoms with Crippen LogP contribution in [0.5, 0.6) is 5.75 Å². The fourth-order valence-corrected chi connectivity index (χ4v) is 4.30. The maximum Gasteiger partial charge on any atom is 0.255 e. The summed E-state index contributed by atoms with van der Waals surface area (Å²) in [7, 11) is -2.82. The van der Waals surface area contributed by atoms with Crippen LogP contribution in [-0.2, 0) is 16.6 Å². The van der Waals surface area contributed by atoms with Gasteiger partial charge in [-0.25, -0.2) is 26.7 Å². The van der Waals surface area contributed by atoms with Crippen LogP contribution in [0.15, 0.2) is 59.5 Å².